The minimum atomic E-state index is 0.264. The fourth-order valence-electron chi connectivity index (χ4n) is 4.72. The van der Waals surface area contributed by atoms with E-state index in [1.807, 2.05) is 0 Å². The van der Waals surface area contributed by atoms with E-state index in [9.17, 15) is 0 Å². The summed E-state index contributed by atoms with van der Waals surface area (Å²) in [7, 11) is 0. The highest BCUT2D eigenvalue weighted by Crippen LogP contribution is 2.41. The quantitative estimate of drug-likeness (QED) is 0.524. The van der Waals surface area contributed by atoms with Gasteiger partial charge in [0.15, 0.2) is 5.96 Å². The lowest BCUT2D eigenvalue weighted by Gasteiger charge is -2.43. The van der Waals surface area contributed by atoms with Crippen LogP contribution in [0.5, 0.6) is 0 Å². The van der Waals surface area contributed by atoms with Crippen molar-refractivity contribution in [2.75, 3.05) is 57.4 Å². The number of aliphatic imine (C=N–C) groups is 1. The van der Waals surface area contributed by atoms with Crippen LogP contribution >= 0.6 is 11.8 Å². The molecule has 1 atom stereocenters. The van der Waals surface area contributed by atoms with Crippen LogP contribution in [0, 0.1) is 5.41 Å². The van der Waals surface area contributed by atoms with Crippen molar-refractivity contribution in [1.82, 2.24) is 15.5 Å². The van der Waals surface area contributed by atoms with Gasteiger partial charge in [-0.05, 0) is 43.8 Å². The second kappa shape index (κ2) is 9.65. The highest BCUT2D eigenvalue weighted by molar-refractivity contribution is 7.99. The second-order valence-electron chi connectivity index (χ2n) is 8.24. The minimum absolute atomic E-state index is 0.264. The van der Waals surface area contributed by atoms with Gasteiger partial charge in [-0.1, -0.05) is 19.8 Å². The molecule has 0 spiro atoms. The number of hydrogen-bond acceptors (Lipinski definition) is 4. The molecule has 2 aliphatic heterocycles. The Morgan fingerprint density at radius 2 is 1.88 bits per heavy atom. The van der Waals surface area contributed by atoms with Gasteiger partial charge in [0.05, 0.1) is 13.2 Å². The Morgan fingerprint density at radius 3 is 2.50 bits per heavy atom. The lowest BCUT2D eigenvalue weighted by atomic mass is 9.84. The second-order valence-corrected chi connectivity index (χ2v) is 9.34. The topological polar surface area (TPSA) is 48.9 Å². The molecule has 3 fully saturated rings. The molecule has 0 aromatic heterocycles. The molecule has 2 heterocycles. The zero-order chi connectivity index (χ0) is 18.3. The monoisotopic (exact) mass is 382 g/mol. The summed E-state index contributed by atoms with van der Waals surface area (Å²) >= 11 is 2.09. The third kappa shape index (κ3) is 4.87. The van der Waals surface area contributed by atoms with Gasteiger partial charge in [-0.25, -0.2) is 0 Å². The maximum Gasteiger partial charge on any atom is 0.191 e. The molecule has 1 aliphatic carbocycles. The van der Waals surface area contributed by atoms with Crippen molar-refractivity contribution in [2.24, 2.45) is 10.4 Å². The van der Waals surface area contributed by atoms with Crippen LogP contribution in [-0.4, -0.2) is 73.8 Å². The molecule has 0 amide bonds. The summed E-state index contributed by atoms with van der Waals surface area (Å²) in [5.74, 6) is 3.50. The first kappa shape index (κ1) is 20.3. The molecule has 0 radical (unpaired) electrons. The van der Waals surface area contributed by atoms with Gasteiger partial charge in [-0.2, -0.15) is 11.8 Å². The van der Waals surface area contributed by atoms with Crippen molar-refractivity contribution in [2.45, 2.75) is 57.9 Å². The van der Waals surface area contributed by atoms with Crippen LogP contribution in [0.4, 0.5) is 0 Å². The molecule has 6 heteroatoms. The van der Waals surface area contributed by atoms with Crippen LogP contribution in [0.1, 0.15) is 52.4 Å². The third-order valence-corrected chi connectivity index (χ3v) is 7.91. The maximum absolute atomic E-state index is 5.58. The number of ether oxygens (including phenoxy) is 1. The van der Waals surface area contributed by atoms with Crippen molar-refractivity contribution in [1.29, 1.82) is 0 Å². The van der Waals surface area contributed by atoms with E-state index in [4.69, 9.17) is 9.73 Å². The van der Waals surface area contributed by atoms with Crippen LogP contribution in [0.3, 0.4) is 0 Å². The van der Waals surface area contributed by atoms with E-state index >= 15 is 0 Å². The van der Waals surface area contributed by atoms with Gasteiger partial charge in [0.25, 0.3) is 0 Å². The fraction of sp³-hybridized carbons (Fsp3) is 0.950. The average Bonchev–Trinajstić information content (AvgIpc) is 3.36. The fourth-order valence-corrected chi connectivity index (χ4v) is 6.20. The zero-order valence-corrected chi connectivity index (χ0v) is 17.6. The van der Waals surface area contributed by atoms with Crippen molar-refractivity contribution < 1.29 is 4.74 Å². The standard InChI is InChI=1S/C20H38N4OS/c1-3-19(7-5-6-8-19)15-22-18(21-4-2)23-16-20(9-14-26-17-20)24-10-12-25-13-11-24/h3-17H2,1-2H3,(H2,21,22,23). The summed E-state index contributed by atoms with van der Waals surface area (Å²) in [6.45, 7) is 11.3. The number of guanidine groups is 1. The molecule has 0 bridgehead atoms. The van der Waals surface area contributed by atoms with E-state index in [2.05, 4.69) is 41.1 Å². The van der Waals surface area contributed by atoms with E-state index in [1.165, 1.54) is 50.0 Å². The molecular formula is C20H38N4OS. The summed E-state index contributed by atoms with van der Waals surface area (Å²) in [4.78, 5) is 7.68. The Labute approximate surface area is 164 Å². The lowest BCUT2D eigenvalue weighted by molar-refractivity contribution is -0.0120. The molecule has 2 N–H and O–H groups in total. The van der Waals surface area contributed by atoms with Crippen molar-refractivity contribution in [3.8, 4) is 0 Å². The van der Waals surface area contributed by atoms with E-state index in [0.717, 1.165) is 51.9 Å². The Balaban J connectivity index is 1.61. The average molecular weight is 383 g/mol. The van der Waals surface area contributed by atoms with Crippen molar-refractivity contribution in [3.05, 3.63) is 0 Å². The van der Waals surface area contributed by atoms with Crippen LogP contribution in [0.15, 0.2) is 4.99 Å². The van der Waals surface area contributed by atoms with Crippen LogP contribution < -0.4 is 10.6 Å². The smallest absolute Gasteiger partial charge is 0.191 e. The highest BCUT2D eigenvalue weighted by atomic mass is 32.2. The summed E-state index contributed by atoms with van der Waals surface area (Å²) < 4.78 is 5.58. The molecule has 3 rings (SSSR count). The first-order valence-corrected chi connectivity index (χ1v) is 11.8. The molecule has 2 saturated heterocycles. The Morgan fingerprint density at radius 1 is 1.12 bits per heavy atom. The van der Waals surface area contributed by atoms with Gasteiger partial charge in [0, 0.05) is 44.0 Å². The minimum Gasteiger partial charge on any atom is -0.379 e. The Kier molecular flexibility index (Phi) is 7.53. The molecule has 1 saturated carbocycles. The summed E-state index contributed by atoms with van der Waals surface area (Å²) in [6.07, 6.45) is 7.98. The largest absolute Gasteiger partial charge is 0.379 e. The lowest BCUT2D eigenvalue weighted by Crippen LogP contribution is -2.60. The molecule has 150 valence electrons. The van der Waals surface area contributed by atoms with E-state index in [1.54, 1.807) is 0 Å². The number of thioether (sulfide) groups is 1. The predicted molar refractivity (Wildman–Crippen MR) is 112 cm³/mol. The van der Waals surface area contributed by atoms with Crippen LogP contribution in [-0.2, 0) is 4.74 Å². The van der Waals surface area contributed by atoms with Crippen LogP contribution in [0.25, 0.3) is 0 Å². The molecule has 26 heavy (non-hydrogen) atoms. The van der Waals surface area contributed by atoms with E-state index in [-0.39, 0.29) is 5.54 Å². The molecule has 0 aromatic carbocycles. The van der Waals surface area contributed by atoms with E-state index < -0.39 is 0 Å². The Hall–Kier alpha value is -0.460. The predicted octanol–water partition coefficient (Wildman–Crippen LogP) is 2.72. The summed E-state index contributed by atoms with van der Waals surface area (Å²) in [6, 6.07) is 0. The van der Waals surface area contributed by atoms with Gasteiger partial charge in [-0.15, -0.1) is 0 Å². The number of rotatable bonds is 7. The van der Waals surface area contributed by atoms with Crippen LogP contribution in [0.2, 0.25) is 0 Å². The van der Waals surface area contributed by atoms with Gasteiger partial charge < -0.3 is 15.4 Å². The highest BCUT2D eigenvalue weighted by Gasteiger charge is 2.40. The molecule has 1 unspecified atom stereocenters. The van der Waals surface area contributed by atoms with Gasteiger partial charge in [0.2, 0.25) is 0 Å². The number of nitrogens with one attached hydrogen (secondary N) is 2. The Bertz CT molecular complexity index is 453. The summed E-state index contributed by atoms with van der Waals surface area (Å²) in [5, 5.41) is 7.19. The zero-order valence-electron chi connectivity index (χ0n) is 16.8. The third-order valence-electron chi connectivity index (χ3n) is 6.68. The molecule has 5 nitrogen and oxygen atoms in total. The summed E-state index contributed by atoms with van der Waals surface area (Å²) in [5.41, 5.74) is 0.716. The number of nitrogens with zero attached hydrogens (tertiary/aromatic N) is 2. The van der Waals surface area contributed by atoms with Gasteiger partial charge >= 0.3 is 0 Å². The molecule has 0 aromatic rings. The normalized spacial score (nSPS) is 29.8. The van der Waals surface area contributed by atoms with Gasteiger partial charge in [0.1, 0.15) is 0 Å². The van der Waals surface area contributed by atoms with E-state index in [0.29, 0.717) is 5.41 Å². The SMILES string of the molecule is CCNC(=NCC1(CC)CCCC1)NCC1(N2CCOCC2)CCSC1. The first-order valence-electron chi connectivity index (χ1n) is 10.6. The maximum atomic E-state index is 5.58. The first-order chi connectivity index (χ1) is 12.7. The van der Waals surface area contributed by atoms with Gasteiger partial charge in [-0.3, -0.25) is 9.89 Å². The van der Waals surface area contributed by atoms with Crippen molar-refractivity contribution in [3.63, 3.8) is 0 Å². The number of morpholine rings is 1. The number of hydrogen-bond donors (Lipinski definition) is 2. The molecular weight excluding hydrogens is 344 g/mol. The molecule has 3 aliphatic rings. The van der Waals surface area contributed by atoms with Crippen molar-refractivity contribution >= 4 is 17.7 Å².